The van der Waals surface area contributed by atoms with Gasteiger partial charge in [-0.25, -0.2) is 0 Å². The van der Waals surface area contributed by atoms with Crippen LogP contribution in [0.2, 0.25) is 5.02 Å². The third-order valence-corrected chi connectivity index (χ3v) is 5.69. The molecule has 0 aliphatic carbocycles. The van der Waals surface area contributed by atoms with Crippen LogP contribution in [0.3, 0.4) is 0 Å². The van der Waals surface area contributed by atoms with Crippen LogP contribution >= 0.6 is 11.6 Å². The fourth-order valence-electron chi connectivity index (χ4n) is 3.76. The molecule has 0 radical (unpaired) electrons. The molecule has 28 heavy (non-hydrogen) atoms. The average molecular weight is 403 g/mol. The maximum atomic E-state index is 6.12. The van der Waals surface area contributed by atoms with Crippen LogP contribution in [0.4, 0.5) is 0 Å². The SMILES string of the molecule is COc1cc2c(-c3cc(Cl)c[nH]3)cn(C)c2cc1OCCN1CCN(C)CC1. The number of piperazine rings is 1. The van der Waals surface area contributed by atoms with E-state index < -0.39 is 0 Å². The van der Waals surface area contributed by atoms with Crippen LogP contribution in [0.1, 0.15) is 0 Å². The van der Waals surface area contributed by atoms with Crippen LogP contribution < -0.4 is 9.47 Å². The zero-order valence-corrected chi connectivity index (χ0v) is 17.4. The number of aryl methyl sites for hydroxylation is 1. The molecule has 1 aliphatic rings. The largest absolute Gasteiger partial charge is 0.493 e. The maximum absolute atomic E-state index is 6.12. The number of rotatable bonds is 6. The minimum absolute atomic E-state index is 0.648. The molecule has 1 aliphatic heterocycles. The van der Waals surface area contributed by atoms with E-state index in [4.69, 9.17) is 21.1 Å². The first-order chi connectivity index (χ1) is 13.5. The summed E-state index contributed by atoms with van der Waals surface area (Å²) in [5, 5.41) is 1.80. The lowest BCUT2D eigenvalue weighted by molar-refractivity contribution is 0.133. The number of methoxy groups -OCH3 is 1. The molecule has 0 spiro atoms. The fourth-order valence-corrected chi connectivity index (χ4v) is 3.92. The summed E-state index contributed by atoms with van der Waals surface area (Å²) in [6, 6.07) is 6.04. The summed E-state index contributed by atoms with van der Waals surface area (Å²) >= 11 is 6.09. The Kier molecular flexibility index (Phi) is 5.53. The van der Waals surface area contributed by atoms with E-state index in [0.29, 0.717) is 11.6 Å². The summed E-state index contributed by atoms with van der Waals surface area (Å²) < 4.78 is 13.8. The number of benzene rings is 1. The predicted molar refractivity (Wildman–Crippen MR) is 114 cm³/mol. The summed E-state index contributed by atoms with van der Waals surface area (Å²) in [6.45, 7) is 5.99. The number of H-pyrrole nitrogens is 1. The highest BCUT2D eigenvalue weighted by Crippen LogP contribution is 2.38. The number of nitrogens with one attached hydrogen (secondary N) is 1. The Morgan fingerprint density at radius 1 is 1.07 bits per heavy atom. The normalized spacial score (nSPS) is 16.0. The Balaban J connectivity index is 1.55. The molecule has 0 bridgehead atoms. The molecule has 2 aromatic heterocycles. The summed E-state index contributed by atoms with van der Waals surface area (Å²) in [5.74, 6) is 1.53. The number of hydrogen-bond donors (Lipinski definition) is 1. The van der Waals surface area contributed by atoms with Gasteiger partial charge in [0.05, 0.1) is 17.6 Å². The number of aromatic nitrogens is 2. The van der Waals surface area contributed by atoms with Gasteiger partial charge in [0.15, 0.2) is 11.5 Å². The number of nitrogens with zero attached hydrogens (tertiary/aromatic N) is 3. The standard InChI is InChI=1S/C21H27ClN4O2/c1-24-4-6-26(7-5-24)8-9-28-21-12-19-16(11-20(21)27-3)17(14-25(19)2)18-10-15(22)13-23-18/h10-14,23H,4-9H2,1-3H3. The van der Waals surface area contributed by atoms with E-state index in [0.717, 1.165) is 66.4 Å². The minimum Gasteiger partial charge on any atom is -0.493 e. The molecule has 4 rings (SSSR count). The van der Waals surface area contributed by atoms with Crippen molar-refractivity contribution in [3.05, 3.63) is 35.6 Å². The van der Waals surface area contributed by atoms with Crippen LogP contribution in [0.25, 0.3) is 22.2 Å². The van der Waals surface area contributed by atoms with Gasteiger partial charge in [0.25, 0.3) is 0 Å². The molecule has 3 aromatic rings. The number of halogens is 1. The van der Waals surface area contributed by atoms with E-state index in [-0.39, 0.29) is 0 Å². The topological polar surface area (TPSA) is 45.7 Å². The Labute approximate surface area is 170 Å². The zero-order valence-electron chi connectivity index (χ0n) is 16.7. The lowest BCUT2D eigenvalue weighted by atomic mass is 10.1. The molecular weight excluding hydrogens is 376 g/mol. The van der Waals surface area contributed by atoms with Crippen LogP contribution in [0.15, 0.2) is 30.6 Å². The summed E-state index contributed by atoms with van der Waals surface area (Å²) in [7, 11) is 5.89. The van der Waals surface area contributed by atoms with Crippen LogP contribution in [-0.2, 0) is 7.05 Å². The molecule has 3 heterocycles. The molecule has 150 valence electrons. The molecule has 7 heteroatoms. The Morgan fingerprint density at radius 3 is 2.54 bits per heavy atom. The van der Waals surface area contributed by atoms with E-state index in [1.165, 1.54) is 0 Å². The fraction of sp³-hybridized carbons (Fsp3) is 0.429. The van der Waals surface area contributed by atoms with E-state index in [1.54, 1.807) is 13.3 Å². The highest BCUT2D eigenvalue weighted by atomic mass is 35.5. The number of likely N-dealkylation sites (N-methyl/N-ethyl adjacent to an activating group) is 1. The molecule has 1 aromatic carbocycles. The van der Waals surface area contributed by atoms with Gasteiger partial charge >= 0.3 is 0 Å². The van der Waals surface area contributed by atoms with Crippen LogP contribution in [-0.4, -0.2) is 72.8 Å². The zero-order chi connectivity index (χ0) is 19.7. The number of hydrogen-bond acceptors (Lipinski definition) is 4. The van der Waals surface area contributed by atoms with Gasteiger partial charge in [-0.3, -0.25) is 4.90 Å². The first-order valence-electron chi connectivity index (χ1n) is 9.60. The van der Waals surface area contributed by atoms with Gasteiger partial charge in [0.1, 0.15) is 6.61 Å². The van der Waals surface area contributed by atoms with Crippen LogP contribution in [0.5, 0.6) is 11.5 Å². The molecule has 1 N–H and O–H groups in total. The molecule has 0 amide bonds. The Hall–Kier alpha value is -2.15. The number of aromatic amines is 1. The predicted octanol–water partition coefficient (Wildman–Crippen LogP) is 3.46. The molecule has 6 nitrogen and oxygen atoms in total. The van der Waals surface area contributed by atoms with Gasteiger partial charge in [0, 0.05) is 74.9 Å². The van der Waals surface area contributed by atoms with Gasteiger partial charge < -0.3 is 23.9 Å². The van der Waals surface area contributed by atoms with Gasteiger partial charge in [-0.15, -0.1) is 0 Å². The van der Waals surface area contributed by atoms with E-state index in [2.05, 4.69) is 38.7 Å². The van der Waals surface area contributed by atoms with Crippen LogP contribution in [0, 0.1) is 0 Å². The van der Waals surface area contributed by atoms with E-state index in [1.807, 2.05) is 19.2 Å². The quantitative estimate of drug-likeness (QED) is 0.685. The second-order valence-corrected chi connectivity index (χ2v) is 7.84. The Morgan fingerprint density at radius 2 is 1.86 bits per heavy atom. The summed E-state index contributed by atoms with van der Waals surface area (Å²) in [6.07, 6.45) is 3.89. The van der Waals surface area contributed by atoms with Crippen molar-refractivity contribution in [2.75, 3.05) is 53.5 Å². The van der Waals surface area contributed by atoms with Gasteiger partial charge in [-0.2, -0.15) is 0 Å². The number of fused-ring (bicyclic) bond motifs is 1. The van der Waals surface area contributed by atoms with Crippen molar-refractivity contribution >= 4 is 22.5 Å². The lowest BCUT2D eigenvalue weighted by Gasteiger charge is -2.32. The molecule has 0 unspecified atom stereocenters. The van der Waals surface area contributed by atoms with Crippen molar-refractivity contribution in [1.82, 2.24) is 19.4 Å². The summed E-state index contributed by atoms with van der Waals surface area (Å²) in [5.41, 5.74) is 3.17. The highest BCUT2D eigenvalue weighted by Gasteiger charge is 2.17. The van der Waals surface area contributed by atoms with Gasteiger partial charge in [-0.05, 0) is 19.2 Å². The minimum atomic E-state index is 0.648. The first-order valence-corrected chi connectivity index (χ1v) is 9.98. The van der Waals surface area contributed by atoms with Gasteiger partial charge in [-0.1, -0.05) is 11.6 Å². The Bertz CT molecular complexity index is 957. The van der Waals surface area contributed by atoms with Crippen molar-refractivity contribution in [2.24, 2.45) is 7.05 Å². The lowest BCUT2D eigenvalue weighted by Crippen LogP contribution is -2.45. The van der Waals surface area contributed by atoms with Crippen molar-refractivity contribution in [3.63, 3.8) is 0 Å². The molecule has 1 saturated heterocycles. The second kappa shape index (κ2) is 8.07. The van der Waals surface area contributed by atoms with Crippen molar-refractivity contribution < 1.29 is 9.47 Å². The molecule has 0 atom stereocenters. The third kappa shape index (κ3) is 3.85. The second-order valence-electron chi connectivity index (χ2n) is 7.40. The molecule has 0 saturated carbocycles. The van der Waals surface area contributed by atoms with E-state index >= 15 is 0 Å². The van der Waals surface area contributed by atoms with E-state index in [9.17, 15) is 0 Å². The highest BCUT2D eigenvalue weighted by molar-refractivity contribution is 6.30. The van der Waals surface area contributed by atoms with Crippen molar-refractivity contribution in [3.8, 4) is 22.8 Å². The van der Waals surface area contributed by atoms with Crippen molar-refractivity contribution in [2.45, 2.75) is 0 Å². The maximum Gasteiger partial charge on any atom is 0.163 e. The average Bonchev–Trinajstić information content (AvgIpc) is 3.26. The molecule has 1 fully saturated rings. The summed E-state index contributed by atoms with van der Waals surface area (Å²) in [4.78, 5) is 8.03. The van der Waals surface area contributed by atoms with Gasteiger partial charge in [0.2, 0.25) is 0 Å². The number of ether oxygens (including phenoxy) is 2. The third-order valence-electron chi connectivity index (χ3n) is 5.47. The molecular formula is C21H27ClN4O2. The first kappa shape index (κ1) is 19.2. The monoisotopic (exact) mass is 402 g/mol. The smallest absolute Gasteiger partial charge is 0.163 e. The van der Waals surface area contributed by atoms with Crippen molar-refractivity contribution in [1.29, 1.82) is 0 Å².